The Hall–Kier alpha value is -2.79. The summed E-state index contributed by atoms with van der Waals surface area (Å²) in [6.07, 6.45) is 0.605. The van der Waals surface area contributed by atoms with Crippen LogP contribution in [0, 0.1) is 0 Å². The third-order valence-corrected chi connectivity index (χ3v) is 4.81. The Morgan fingerprint density at radius 2 is 1.80 bits per heavy atom. The second kappa shape index (κ2) is 6.61. The third-order valence-electron chi connectivity index (χ3n) is 4.81. The number of H-pyrrole nitrogens is 1. The molecule has 2 heterocycles. The molecule has 1 aromatic heterocycles. The number of carbonyl (C=O) groups is 1. The van der Waals surface area contributed by atoms with E-state index in [1.54, 1.807) is 0 Å². The smallest absolute Gasteiger partial charge is 0.352 e. The highest BCUT2D eigenvalue weighted by Gasteiger charge is 2.21. The number of nitrogens with zero attached hydrogens (tertiary/aromatic N) is 1. The fourth-order valence-corrected chi connectivity index (χ4v) is 3.59. The van der Waals surface area contributed by atoms with Gasteiger partial charge in [-0.05, 0) is 17.2 Å². The standard InChI is InChI=1S/C20H21N3O2/c24-20(25)19-16(13-14-5-2-1-3-6-14)15-7-4-8-17(18(15)22-19)23-11-9-21-10-12-23/h1-8,21-22H,9-13H2,(H,24,25). The van der Waals surface area contributed by atoms with Crippen molar-refractivity contribution >= 4 is 22.6 Å². The number of piperazine rings is 1. The van der Waals surface area contributed by atoms with E-state index in [0.717, 1.165) is 53.9 Å². The van der Waals surface area contributed by atoms with Gasteiger partial charge in [-0.2, -0.15) is 0 Å². The normalized spacial score (nSPS) is 14.8. The van der Waals surface area contributed by atoms with Gasteiger partial charge in [0.05, 0.1) is 11.2 Å². The maximum Gasteiger partial charge on any atom is 0.352 e. The SMILES string of the molecule is O=C(O)c1[nH]c2c(N3CCNCC3)cccc2c1Cc1ccccc1. The van der Waals surface area contributed by atoms with Crippen molar-refractivity contribution in [1.29, 1.82) is 0 Å². The lowest BCUT2D eigenvalue weighted by Crippen LogP contribution is -2.43. The predicted octanol–water partition coefficient (Wildman–Crippen LogP) is 2.87. The quantitative estimate of drug-likeness (QED) is 0.686. The van der Waals surface area contributed by atoms with Gasteiger partial charge in [-0.1, -0.05) is 42.5 Å². The molecule has 0 radical (unpaired) electrons. The highest BCUT2D eigenvalue weighted by molar-refractivity contribution is 6.02. The molecule has 4 rings (SSSR count). The Kier molecular flexibility index (Phi) is 4.15. The van der Waals surface area contributed by atoms with Gasteiger partial charge in [0.15, 0.2) is 0 Å². The summed E-state index contributed by atoms with van der Waals surface area (Å²) < 4.78 is 0. The second-order valence-electron chi connectivity index (χ2n) is 6.38. The first-order valence-electron chi connectivity index (χ1n) is 8.60. The fraction of sp³-hybridized carbons (Fsp3) is 0.250. The fourth-order valence-electron chi connectivity index (χ4n) is 3.59. The van der Waals surface area contributed by atoms with E-state index in [0.29, 0.717) is 12.1 Å². The van der Waals surface area contributed by atoms with Crippen LogP contribution in [0.2, 0.25) is 0 Å². The molecule has 0 bridgehead atoms. The van der Waals surface area contributed by atoms with Gasteiger partial charge in [0.2, 0.25) is 0 Å². The molecule has 1 aliphatic rings. The van der Waals surface area contributed by atoms with Crippen molar-refractivity contribution in [2.75, 3.05) is 31.1 Å². The number of aromatic nitrogens is 1. The summed E-state index contributed by atoms with van der Waals surface area (Å²) in [7, 11) is 0. The lowest BCUT2D eigenvalue weighted by molar-refractivity contribution is 0.0690. The van der Waals surface area contributed by atoms with Crippen LogP contribution in [0.15, 0.2) is 48.5 Å². The number of nitrogens with one attached hydrogen (secondary N) is 2. The van der Waals surface area contributed by atoms with Crippen LogP contribution in [0.1, 0.15) is 21.6 Å². The van der Waals surface area contributed by atoms with E-state index in [1.165, 1.54) is 0 Å². The molecule has 0 atom stereocenters. The number of para-hydroxylation sites is 1. The molecule has 1 fully saturated rings. The molecular weight excluding hydrogens is 314 g/mol. The van der Waals surface area contributed by atoms with Gasteiger partial charge in [0, 0.05) is 38.0 Å². The van der Waals surface area contributed by atoms with Crippen molar-refractivity contribution in [3.8, 4) is 0 Å². The highest BCUT2D eigenvalue weighted by atomic mass is 16.4. The van der Waals surface area contributed by atoms with Crippen molar-refractivity contribution in [2.45, 2.75) is 6.42 Å². The lowest BCUT2D eigenvalue weighted by Gasteiger charge is -2.29. The van der Waals surface area contributed by atoms with Crippen LogP contribution in [-0.2, 0) is 6.42 Å². The van der Waals surface area contributed by atoms with Crippen molar-refractivity contribution < 1.29 is 9.90 Å². The monoisotopic (exact) mass is 335 g/mol. The van der Waals surface area contributed by atoms with Gasteiger partial charge in [-0.25, -0.2) is 4.79 Å². The molecule has 5 heteroatoms. The van der Waals surface area contributed by atoms with E-state index in [9.17, 15) is 9.90 Å². The van der Waals surface area contributed by atoms with E-state index in [2.05, 4.69) is 21.3 Å². The Morgan fingerprint density at radius 3 is 2.52 bits per heavy atom. The first-order chi connectivity index (χ1) is 12.2. The van der Waals surface area contributed by atoms with Gasteiger partial charge in [0.1, 0.15) is 5.69 Å². The average molecular weight is 335 g/mol. The van der Waals surface area contributed by atoms with Crippen molar-refractivity contribution in [1.82, 2.24) is 10.3 Å². The van der Waals surface area contributed by atoms with E-state index < -0.39 is 5.97 Å². The van der Waals surface area contributed by atoms with E-state index in [-0.39, 0.29) is 0 Å². The minimum Gasteiger partial charge on any atom is -0.477 e. The lowest BCUT2D eigenvalue weighted by atomic mass is 10.0. The first-order valence-corrected chi connectivity index (χ1v) is 8.60. The van der Waals surface area contributed by atoms with Crippen molar-refractivity contribution in [2.24, 2.45) is 0 Å². The van der Waals surface area contributed by atoms with E-state index in [4.69, 9.17) is 0 Å². The van der Waals surface area contributed by atoms with E-state index >= 15 is 0 Å². The molecule has 5 nitrogen and oxygen atoms in total. The van der Waals surface area contributed by atoms with Crippen LogP contribution in [0.3, 0.4) is 0 Å². The van der Waals surface area contributed by atoms with Crippen LogP contribution in [0.4, 0.5) is 5.69 Å². The molecule has 3 aromatic rings. The molecule has 1 saturated heterocycles. The predicted molar refractivity (Wildman–Crippen MR) is 99.6 cm³/mol. The van der Waals surface area contributed by atoms with Crippen LogP contribution in [-0.4, -0.2) is 42.2 Å². The summed E-state index contributed by atoms with van der Waals surface area (Å²) in [5, 5.41) is 14.0. The number of carboxylic acid groups (broad SMARTS) is 1. The molecule has 0 unspecified atom stereocenters. The zero-order valence-electron chi connectivity index (χ0n) is 14.0. The molecule has 128 valence electrons. The summed E-state index contributed by atoms with van der Waals surface area (Å²) in [4.78, 5) is 17.3. The molecule has 25 heavy (non-hydrogen) atoms. The molecule has 0 spiro atoms. The Morgan fingerprint density at radius 1 is 1.04 bits per heavy atom. The number of hydrogen-bond acceptors (Lipinski definition) is 3. The zero-order valence-corrected chi connectivity index (χ0v) is 14.0. The minimum absolute atomic E-state index is 0.293. The van der Waals surface area contributed by atoms with Crippen molar-refractivity contribution in [3.05, 3.63) is 65.4 Å². The van der Waals surface area contributed by atoms with Crippen LogP contribution < -0.4 is 10.2 Å². The number of rotatable bonds is 4. The van der Waals surface area contributed by atoms with Crippen molar-refractivity contribution in [3.63, 3.8) is 0 Å². The number of carboxylic acids is 1. The van der Waals surface area contributed by atoms with Gasteiger partial charge in [-0.15, -0.1) is 0 Å². The number of aromatic carboxylic acids is 1. The molecular formula is C20H21N3O2. The summed E-state index contributed by atoms with van der Waals surface area (Å²) in [6.45, 7) is 3.74. The Balaban J connectivity index is 1.83. The van der Waals surface area contributed by atoms with Crippen LogP contribution in [0.5, 0.6) is 0 Å². The summed E-state index contributed by atoms with van der Waals surface area (Å²) in [5.41, 5.74) is 4.26. The van der Waals surface area contributed by atoms with Gasteiger partial charge in [0.25, 0.3) is 0 Å². The summed E-state index contributed by atoms with van der Waals surface area (Å²) in [6, 6.07) is 16.1. The molecule has 0 amide bonds. The molecule has 1 aliphatic heterocycles. The van der Waals surface area contributed by atoms with Gasteiger partial charge < -0.3 is 20.3 Å². The number of aromatic amines is 1. The average Bonchev–Trinajstić information content (AvgIpc) is 3.02. The number of anilines is 1. The van der Waals surface area contributed by atoms with Gasteiger partial charge >= 0.3 is 5.97 Å². The zero-order chi connectivity index (χ0) is 17.2. The number of fused-ring (bicyclic) bond motifs is 1. The molecule has 0 saturated carbocycles. The number of benzene rings is 2. The summed E-state index contributed by atoms with van der Waals surface area (Å²) >= 11 is 0. The minimum atomic E-state index is -0.909. The molecule has 2 aromatic carbocycles. The summed E-state index contributed by atoms with van der Waals surface area (Å²) in [5.74, 6) is -0.909. The van der Waals surface area contributed by atoms with Crippen LogP contribution >= 0.6 is 0 Å². The largest absolute Gasteiger partial charge is 0.477 e. The first kappa shape index (κ1) is 15.7. The second-order valence-corrected chi connectivity index (χ2v) is 6.38. The highest BCUT2D eigenvalue weighted by Crippen LogP contribution is 2.32. The third kappa shape index (κ3) is 2.98. The maximum atomic E-state index is 11.8. The van der Waals surface area contributed by atoms with Crippen LogP contribution in [0.25, 0.3) is 10.9 Å². The van der Waals surface area contributed by atoms with Gasteiger partial charge in [-0.3, -0.25) is 0 Å². The molecule has 0 aliphatic carbocycles. The maximum absolute atomic E-state index is 11.8. The molecule has 3 N–H and O–H groups in total. The Bertz CT molecular complexity index is 896. The van der Waals surface area contributed by atoms with E-state index in [1.807, 2.05) is 42.5 Å². The Labute approximate surface area is 146 Å². The number of hydrogen-bond donors (Lipinski definition) is 3. The topological polar surface area (TPSA) is 68.4 Å².